The zero-order valence-electron chi connectivity index (χ0n) is 8.72. The highest BCUT2D eigenvalue weighted by molar-refractivity contribution is 5.17. The van der Waals surface area contributed by atoms with E-state index in [-0.39, 0.29) is 0 Å². The van der Waals surface area contributed by atoms with Gasteiger partial charge in [-0.1, -0.05) is 42.5 Å². The van der Waals surface area contributed by atoms with E-state index in [9.17, 15) is 0 Å². The molecule has 0 bridgehead atoms. The van der Waals surface area contributed by atoms with Crippen molar-refractivity contribution in [3.05, 3.63) is 41.7 Å². The lowest BCUT2D eigenvalue weighted by Crippen LogP contribution is -2.04. The summed E-state index contributed by atoms with van der Waals surface area (Å²) in [6.45, 7) is 2.14. The van der Waals surface area contributed by atoms with E-state index in [1.54, 1.807) is 0 Å². The molecule has 0 radical (unpaired) electrons. The van der Waals surface area contributed by atoms with Gasteiger partial charge in [0.25, 0.3) is 0 Å². The van der Waals surface area contributed by atoms with E-state index in [0.717, 1.165) is 18.7 Å². The van der Waals surface area contributed by atoms with Gasteiger partial charge in [-0.2, -0.15) is 5.21 Å². The van der Waals surface area contributed by atoms with E-state index >= 15 is 0 Å². The molecule has 2 aromatic rings. The molecule has 0 aliphatic rings. The highest BCUT2D eigenvalue weighted by Crippen LogP contribution is 2.19. The Morgan fingerprint density at radius 1 is 1.27 bits per heavy atom. The Balaban J connectivity index is 2.10. The maximum absolute atomic E-state index is 4.04. The van der Waals surface area contributed by atoms with Crippen molar-refractivity contribution >= 4 is 0 Å². The number of nitrogens with one attached hydrogen (secondary N) is 1. The molecule has 1 N–H and O–H groups in total. The van der Waals surface area contributed by atoms with Gasteiger partial charge in [0.1, 0.15) is 0 Å². The maximum atomic E-state index is 4.04. The summed E-state index contributed by atoms with van der Waals surface area (Å²) in [5.41, 5.74) is 1.31. The number of H-pyrrole nitrogens is 1. The van der Waals surface area contributed by atoms with Crippen LogP contribution in [0.2, 0.25) is 0 Å². The first kappa shape index (κ1) is 9.83. The molecule has 4 heteroatoms. The monoisotopic (exact) mass is 202 g/mol. The van der Waals surface area contributed by atoms with Gasteiger partial charge < -0.3 is 0 Å². The quantitative estimate of drug-likeness (QED) is 0.824. The number of benzene rings is 1. The SMILES string of the molecule is CCC(Cc1ccccc1)c1nn[nH]n1. The van der Waals surface area contributed by atoms with E-state index in [1.807, 2.05) is 6.07 Å². The van der Waals surface area contributed by atoms with Crippen LogP contribution in [-0.2, 0) is 6.42 Å². The summed E-state index contributed by atoms with van der Waals surface area (Å²) in [6.07, 6.45) is 1.99. The summed E-state index contributed by atoms with van der Waals surface area (Å²) in [5.74, 6) is 1.16. The third kappa shape index (κ3) is 2.40. The fraction of sp³-hybridized carbons (Fsp3) is 0.364. The molecule has 1 heterocycles. The predicted octanol–water partition coefficient (Wildman–Crippen LogP) is 1.94. The normalized spacial score (nSPS) is 12.6. The number of hydrogen-bond donors (Lipinski definition) is 1. The zero-order valence-corrected chi connectivity index (χ0v) is 8.72. The molecule has 0 aliphatic carbocycles. The summed E-state index contributed by atoms with van der Waals surface area (Å²) in [7, 11) is 0. The van der Waals surface area contributed by atoms with Gasteiger partial charge in [0, 0.05) is 5.92 Å². The molecular weight excluding hydrogens is 188 g/mol. The topological polar surface area (TPSA) is 54.5 Å². The molecule has 4 nitrogen and oxygen atoms in total. The van der Waals surface area contributed by atoms with Gasteiger partial charge in [-0.25, -0.2) is 0 Å². The standard InChI is InChI=1S/C11H14N4/c1-2-10(11-12-14-15-13-11)8-9-6-4-3-5-7-9/h3-7,10H,2,8H2,1H3,(H,12,13,14,15). The van der Waals surface area contributed by atoms with Gasteiger partial charge in [-0.3, -0.25) is 0 Å². The first-order valence-corrected chi connectivity index (χ1v) is 5.17. The highest BCUT2D eigenvalue weighted by atomic mass is 15.5. The van der Waals surface area contributed by atoms with Crippen LogP contribution in [0.1, 0.15) is 30.7 Å². The van der Waals surface area contributed by atoms with Crippen LogP contribution in [0.15, 0.2) is 30.3 Å². The summed E-state index contributed by atoms with van der Waals surface area (Å²) in [5, 5.41) is 14.2. The average molecular weight is 202 g/mol. The van der Waals surface area contributed by atoms with Gasteiger partial charge in [0.2, 0.25) is 0 Å². The van der Waals surface area contributed by atoms with Crippen molar-refractivity contribution in [2.75, 3.05) is 0 Å². The van der Waals surface area contributed by atoms with Crippen molar-refractivity contribution in [2.45, 2.75) is 25.7 Å². The maximum Gasteiger partial charge on any atom is 0.177 e. The van der Waals surface area contributed by atoms with Crippen molar-refractivity contribution < 1.29 is 0 Å². The Morgan fingerprint density at radius 2 is 2.07 bits per heavy atom. The first-order chi connectivity index (χ1) is 7.40. The molecule has 15 heavy (non-hydrogen) atoms. The molecule has 1 aromatic carbocycles. The van der Waals surface area contributed by atoms with Crippen LogP contribution < -0.4 is 0 Å². The number of hydrogen-bond acceptors (Lipinski definition) is 3. The summed E-state index contributed by atoms with van der Waals surface area (Å²) >= 11 is 0. The second-order valence-corrected chi connectivity index (χ2v) is 3.56. The van der Waals surface area contributed by atoms with Gasteiger partial charge in [0.05, 0.1) is 0 Å². The van der Waals surface area contributed by atoms with Crippen LogP contribution >= 0.6 is 0 Å². The molecule has 0 saturated carbocycles. The summed E-state index contributed by atoms with van der Waals surface area (Å²) < 4.78 is 0. The molecule has 0 fully saturated rings. The van der Waals surface area contributed by atoms with Crippen molar-refractivity contribution in [1.82, 2.24) is 20.6 Å². The Labute approximate surface area is 88.7 Å². The number of tetrazole rings is 1. The Morgan fingerprint density at radius 3 is 2.67 bits per heavy atom. The smallest absolute Gasteiger partial charge is 0.177 e. The molecule has 1 atom stereocenters. The summed E-state index contributed by atoms with van der Waals surface area (Å²) in [4.78, 5) is 0. The Bertz CT molecular complexity index is 382. The van der Waals surface area contributed by atoms with E-state index < -0.39 is 0 Å². The molecule has 1 unspecified atom stereocenters. The van der Waals surface area contributed by atoms with E-state index in [2.05, 4.69) is 51.8 Å². The second-order valence-electron chi connectivity index (χ2n) is 3.56. The molecule has 1 aromatic heterocycles. The molecule has 2 rings (SSSR count). The molecule has 0 spiro atoms. The zero-order chi connectivity index (χ0) is 10.5. The van der Waals surface area contributed by atoms with Crippen LogP contribution in [0.4, 0.5) is 0 Å². The van der Waals surface area contributed by atoms with E-state index in [1.165, 1.54) is 5.56 Å². The lowest BCUT2D eigenvalue weighted by Gasteiger charge is -2.09. The third-order valence-electron chi connectivity index (χ3n) is 2.54. The minimum Gasteiger partial charge on any atom is -0.177 e. The minimum atomic E-state index is 0.353. The van der Waals surface area contributed by atoms with Crippen molar-refractivity contribution in [3.63, 3.8) is 0 Å². The highest BCUT2D eigenvalue weighted by Gasteiger charge is 2.14. The fourth-order valence-corrected chi connectivity index (χ4v) is 1.66. The largest absolute Gasteiger partial charge is 0.177 e. The van der Waals surface area contributed by atoms with Gasteiger partial charge in [0.15, 0.2) is 5.82 Å². The van der Waals surface area contributed by atoms with Crippen LogP contribution in [0.5, 0.6) is 0 Å². The number of rotatable bonds is 4. The van der Waals surface area contributed by atoms with Crippen molar-refractivity contribution in [2.24, 2.45) is 0 Å². The number of aromatic amines is 1. The van der Waals surface area contributed by atoms with Crippen LogP contribution in [-0.4, -0.2) is 20.6 Å². The lowest BCUT2D eigenvalue weighted by atomic mass is 9.96. The van der Waals surface area contributed by atoms with E-state index in [4.69, 9.17) is 0 Å². The van der Waals surface area contributed by atoms with Crippen molar-refractivity contribution in [1.29, 1.82) is 0 Å². The van der Waals surface area contributed by atoms with Gasteiger partial charge in [-0.05, 0) is 18.4 Å². The minimum absolute atomic E-state index is 0.353. The van der Waals surface area contributed by atoms with Gasteiger partial charge in [-0.15, -0.1) is 10.2 Å². The molecule has 0 saturated heterocycles. The van der Waals surface area contributed by atoms with Crippen molar-refractivity contribution in [3.8, 4) is 0 Å². The van der Waals surface area contributed by atoms with Crippen LogP contribution in [0.25, 0.3) is 0 Å². The summed E-state index contributed by atoms with van der Waals surface area (Å²) in [6, 6.07) is 10.4. The molecule has 0 amide bonds. The predicted molar refractivity (Wildman–Crippen MR) is 57.4 cm³/mol. The van der Waals surface area contributed by atoms with E-state index in [0.29, 0.717) is 5.92 Å². The molecule has 0 aliphatic heterocycles. The molecular formula is C11H14N4. The average Bonchev–Trinajstić information content (AvgIpc) is 2.81. The Hall–Kier alpha value is -1.71. The van der Waals surface area contributed by atoms with Crippen LogP contribution in [0, 0.1) is 0 Å². The fourth-order valence-electron chi connectivity index (χ4n) is 1.66. The molecule has 78 valence electrons. The second kappa shape index (κ2) is 4.68. The lowest BCUT2D eigenvalue weighted by molar-refractivity contribution is 0.618. The third-order valence-corrected chi connectivity index (χ3v) is 2.54. The first-order valence-electron chi connectivity index (χ1n) is 5.17. The number of nitrogens with zero attached hydrogens (tertiary/aromatic N) is 3. The Kier molecular flexibility index (Phi) is 3.07. The van der Waals surface area contributed by atoms with Crippen LogP contribution in [0.3, 0.4) is 0 Å². The number of aromatic nitrogens is 4. The van der Waals surface area contributed by atoms with Gasteiger partial charge >= 0.3 is 0 Å².